The number of hydrogen-bond acceptors (Lipinski definition) is 4. The summed E-state index contributed by atoms with van der Waals surface area (Å²) in [6.07, 6.45) is 0.542. The van der Waals surface area contributed by atoms with Crippen molar-refractivity contribution >= 4 is 11.6 Å². The van der Waals surface area contributed by atoms with Crippen molar-refractivity contribution in [2.45, 2.75) is 19.5 Å². The molecular weight excluding hydrogens is 282 g/mol. The molecule has 0 saturated carbocycles. The van der Waals surface area contributed by atoms with Gasteiger partial charge in [-0.05, 0) is 25.0 Å². The van der Waals surface area contributed by atoms with E-state index in [1.807, 2.05) is 6.07 Å². The molecule has 0 radical (unpaired) electrons. The van der Waals surface area contributed by atoms with E-state index < -0.39 is 17.9 Å². The number of nitrogens with one attached hydrogen (secondary N) is 1. The smallest absolute Gasteiger partial charge is 0.387 e. The normalized spacial score (nSPS) is 17.0. The van der Waals surface area contributed by atoms with Crippen molar-refractivity contribution in [3.8, 4) is 11.8 Å². The van der Waals surface area contributed by atoms with E-state index >= 15 is 0 Å². The number of halogens is 2. The second kappa shape index (κ2) is 6.50. The van der Waals surface area contributed by atoms with Crippen molar-refractivity contribution in [3.05, 3.63) is 24.3 Å². The van der Waals surface area contributed by atoms with E-state index in [2.05, 4.69) is 10.1 Å². The van der Waals surface area contributed by atoms with Crippen LogP contribution in [0.25, 0.3) is 0 Å². The van der Waals surface area contributed by atoms with Crippen LogP contribution < -0.4 is 10.1 Å². The van der Waals surface area contributed by atoms with Gasteiger partial charge in [0.1, 0.15) is 11.2 Å². The zero-order valence-corrected chi connectivity index (χ0v) is 11.1. The third kappa shape index (κ3) is 3.47. The van der Waals surface area contributed by atoms with Gasteiger partial charge < -0.3 is 14.8 Å². The summed E-state index contributed by atoms with van der Waals surface area (Å²) < 4.78 is 34.2. The van der Waals surface area contributed by atoms with E-state index in [9.17, 15) is 18.8 Å². The SMILES string of the molecule is N#CC1(C(=O)Nc2ccccc2OC(F)F)CCOCC1. The standard InChI is InChI=1S/C14H14F2N2O3/c15-13(16)21-11-4-2-1-3-10(11)18-12(19)14(9-17)5-7-20-8-6-14/h1-4,13H,5-8H2,(H,18,19). The molecule has 1 aliphatic rings. The van der Waals surface area contributed by atoms with E-state index in [0.717, 1.165) is 0 Å². The molecule has 7 heteroatoms. The predicted octanol–water partition coefficient (Wildman–Crippen LogP) is 2.55. The van der Waals surface area contributed by atoms with Crippen LogP contribution >= 0.6 is 0 Å². The van der Waals surface area contributed by atoms with Crippen molar-refractivity contribution < 1.29 is 23.0 Å². The maximum atomic E-state index is 12.3. The molecular formula is C14H14F2N2O3. The Labute approximate surface area is 120 Å². The highest BCUT2D eigenvalue weighted by molar-refractivity contribution is 5.98. The van der Waals surface area contributed by atoms with Crippen LogP contribution in [0.4, 0.5) is 14.5 Å². The molecule has 1 fully saturated rings. The van der Waals surface area contributed by atoms with Crippen molar-refractivity contribution in [1.29, 1.82) is 5.26 Å². The fourth-order valence-corrected chi connectivity index (χ4v) is 2.12. The van der Waals surface area contributed by atoms with Crippen LogP contribution in [-0.4, -0.2) is 25.7 Å². The zero-order valence-electron chi connectivity index (χ0n) is 11.1. The summed E-state index contributed by atoms with van der Waals surface area (Å²) in [5, 5.41) is 11.8. The van der Waals surface area contributed by atoms with Gasteiger partial charge in [0.15, 0.2) is 0 Å². The lowest BCUT2D eigenvalue weighted by molar-refractivity contribution is -0.127. The molecule has 1 amide bonds. The zero-order chi connectivity index (χ0) is 15.3. The van der Waals surface area contributed by atoms with E-state index in [1.54, 1.807) is 6.07 Å². The highest BCUT2D eigenvalue weighted by Crippen LogP contribution is 2.33. The molecule has 0 bridgehead atoms. The molecule has 1 aliphatic heterocycles. The Balaban J connectivity index is 2.17. The number of para-hydroxylation sites is 2. The van der Waals surface area contributed by atoms with E-state index in [1.165, 1.54) is 18.2 Å². The second-order valence-corrected chi connectivity index (χ2v) is 4.64. The van der Waals surface area contributed by atoms with Crippen LogP contribution in [0.3, 0.4) is 0 Å². The number of nitriles is 1. The van der Waals surface area contributed by atoms with Gasteiger partial charge in [0.2, 0.25) is 5.91 Å². The fraction of sp³-hybridized carbons (Fsp3) is 0.429. The summed E-state index contributed by atoms with van der Waals surface area (Å²) in [4.78, 5) is 12.3. The van der Waals surface area contributed by atoms with Crippen LogP contribution in [-0.2, 0) is 9.53 Å². The lowest BCUT2D eigenvalue weighted by atomic mass is 9.81. The van der Waals surface area contributed by atoms with Crippen molar-refractivity contribution in [3.63, 3.8) is 0 Å². The van der Waals surface area contributed by atoms with Gasteiger partial charge in [0.25, 0.3) is 0 Å². The number of anilines is 1. The van der Waals surface area contributed by atoms with Gasteiger partial charge >= 0.3 is 6.61 Å². The summed E-state index contributed by atoms with van der Waals surface area (Å²) in [6.45, 7) is -2.36. The highest BCUT2D eigenvalue weighted by Gasteiger charge is 2.40. The summed E-state index contributed by atoms with van der Waals surface area (Å²) in [5.74, 6) is -0.667. The van der Waals surface area contributed by atoms with Crippen molar-refractivity contribution in [2.24, 2.45) is 5.41 Å². The molecule has 1 heterocycles. The summed E-state index contributed by atoms with van der Waals surface area (Å²) >= 11 is 0. The van der Waals surface area contributed by atoms with Crippen LogP contribution in [0, 0.1) is 16.7 Å². The number of hydrogen-bond donors (Lipinski definition) is 1. The molecule has 21 heavy (non-hydrogen) atoms. The first-order valence-electron chi connectivity index (χ1n) is 6.42. The predicted molar refractivity (Wildman–Crippen MR) is 69.8 cm³/mol. The third-order valence-corrected chi connectivity index (χ3v) is 3.35. The first-order valence-corrected chi connectivity index (χ1v) is 6.42. The summed E-state index contributed by atoms with van der Waals surface area (Å²) in [5.41, 5.74) is -1.08. The van der Waals surface area contributed by atoms with Gasteiger partial charge in [-0.25, -0.2) is 0 Å². The van der Waals surface area contributed by atoms with Gasteiger partial charge in [0, 0.05) is 13.2 Å². The molecule has 112 valence electrons. The molecule has 0 aliphatic carbocycles. The lowest BCUT2D eigenvalue weighted by Gasteiger charge is -2.29. The molecule has 0 aromatic heterocycles. The summed E-state index contributed by atoms with van der Waals surface area (Å²) in [7, 11) is 0. The maximum Gasteiger partial charge on any atom is 0.387 e. The van der Waals surface area contributed by atoms with Gasteiger partial charge in [-0.1, -0.05) is 12.1 Å². The molecule has 1 saturated heterocycles. The fourth-order valence-electron chi connectivity index (χ4n) is 2.12. The third-order valence-electron chi connectivity index (χ3n) is 3.35. The number of carbonyl (C=O) groups excluding carboxylic acids is 1. The monoisotopic (exact) mass is 296 g/mol. The molecule has 2 rings (SSSR count). The number of carbonyl (C=O) groups is 1. The summed E-state index contributed by atoms with van der Waals surface area (Å²) in [6, 6.07) is 7.88. The largest absolute Gasteiger partial charge is 0.433 e. The molecule has 1 N–H and O–H groups in total. The maximum absolute atomic E-state index is 12.3. The lowest BCUT2D eigenvalue weighted by Crippen LogP contribution is -2.40. The first kappa shape index (κ1) is 15.2. The minimum absolute atomic E-state index is 0.115. The Morgan fingerprint density at radius 1 is 1.38 bits per heavy atom. The van der Waals surface area contributed by atoms with Gasteiger partial charge in [-0.3, -0.25) is 4.79 Å². The first-order chi connectivity index (χ1) is 10.1. The number of ether oxygens (including phenoxy) is 2. The molecule has 1 aromatic carbocycles. The highest BCUT2D eigenvalue weighted by atomic mass is 19.3. The molecule has 0 atom stereocenters. The Hall–Kier alpha value is -2.20. The second-order valence-electron chi connectivity index (χ2n) is 4.64. The minimum atomic E-state index is -2.99. The number of benzene rings is 1. The molecule has 0 spiro atoms. The number of alkyl halides is 2. The van der Waals surface area contributed by atoms with Crippen molar-refractivity contribution in [1.82, 2.24) is 0 Å². The van der Waals surface area contributed by atoms with Gasteiger partial charge in [-0.2, -0.15) is 14.0 Å². The Kier molecular flexibility index (Phi) is 4.70. The molecule has 1 aromatic rings. The Morgan fingerprint density at radius 3 is 2.67 bits per heavy atom. The topological polar surface area (TPSA) is 71.4 Å². The van der Waals surface area contributed by atoms with E-state index in [-0.39, 0.29) is 24.3 Å². The van der Waals surface area contributed by atoms with Crippen LogP contribution in [0.1, 0.15) is 12.8 Å². The average Bonchev–Trinajstić information content (AvgIpc) is 2.49. The van der Waals surface area contributed by atoms with E-state index in [0.29, 0.717) is 13.2 Å². The minimum Gasteiger partial charge on any atom is -0.433 e. The number of rotatable bonds is 4. The van der Waals surface area contributed by atoms with Gasteiger partial charge in [0.05, 0.1) is 11.8 Å². The quantitative estimate of drug-likeness (QED) is 0.927. The molecule has 0 unspecified atom stereocenters. The van der Waals surface area contributed by atoms with Crippen LogP contribution in [0.15, 0.2) is 24.3 Å². The number of amides is 1. The van der Waals surface area contributed by atoms with E-state index in [4.69, 9.17) is 4.74 Å². The Morgan fingerprint density at radius 2 is 2.05 bits per heavy atom. The Bertz CT molecular complexity index is 551. The van der Waals surface area contributed by atoms with Crippen molar-refractivity contribution in [2.75, 3.05) is 18.5 Å². The number of nitrogens with zero attached hydrogens (tertiary/aromatic N) is 1. The van der Waals surface area contributed by atoms with Crippen LogP contribution in [0.5, 0.6) is 5.75 Å². The average molecular weight is 296 g/mol. The molecule has 5 nitrogen and oxygen atoms in total. The van der Waals surface area contributed by atoms with Gasteiger partial charge in [-0.15, -0.1) is 0 Å². The van der Waals surface area contributed by atoms with Crippen LogP contribution in [0.2, 0.25) is 0 Å².